The Hall–Kier alpha value is -4.09. The van der Waals surface area contributed by atoms with Crippen LogP contribution >= 0.6 is 0 Å². The van der Waals surface area contributed by atoms with E-state index in [-0.39, 0.29) is 33.8 Å². The summed E-state index contributed by atoms with van der Waals surface area (Å²) < 4.78 is 72.7. The summed E-state index contributed by atoms with van der Waals surface area (Å²) in [7, 11) is 0. The molecular weight excluding hydrogens is 453 g/mol. The van der Waals surface area contributed by atoms with Gasteiger partial charge in [0.1, 0.15) is 0 Å². The summed E-state index contributed by atoms with van der Waals surface area (Å²) in [5.74, 6) is -9.38. The first-order valence-electron chi connectivity index (χ1n) is 9.26. The van der Waals surface area contributed by atoms with E-state index in [9.17, 15) is 27.6 Å². The normalized spacial score (nSPS) is 16.9. The van der Waals surface area contributed by atoms with Gasteiger partial charge in [0.25, 0.3) is 0 Å². The van der Waals surface area contributed by atoms with Crippen LogP contribution in [0.15, 0.2) is 41.2 Å². The maximum Gasteiger partial charge on any atom is 0.359 e. The Labute approximate surface area is 181 Å². The zero-order chi connectivity index (χ0) is 24.1. The Balaban J connectivity index is 2.00. The predicted molar refractivity (Wildman–Crippen MR) is 104 cm³/mol. The van der Waals surface area contributed by atoms with Crippen molar-refractivity contribution in [2.24, 2.45) is 4.99 Å². The molecule has 33 heavy (non-hydrogen) atoms. The van der Waals surface area contributed by atoms with Crippen LogP contribution in [0.4, 0.5) is 33.3 Å². The van der Waals surface area contributed by atoms with E-state index in [2.05, 4.69) is 10.3 Å². The standard InChI is InChI=1S/C21H12F5N3O4/c22-11-3-2-10(18(23)19(11)24)21(25,26)29-12-4-1-9(5-15(32)33)20(28-8-30)17(12)16-13(29)6-27-7-14(16)31/h1-4,6-8,16H,5H2,(H,28,30)(H,32,33). The lowest BCUT2D eigenvalue weighted by Crippen LogP contribution is -2.39. The maximum absolute atomic E-state index is 15.6. The van der Waals surface area contributed by atoms with Crippen molar-refractivity contribution < 1.29 is 41.4 Å². The summed E-state index contributed by atoms with van der Waals surface area (Å²) in [6.07, 6.45) is 1.35. The van der Waals surface area contributed by atoms with Gasteiger partial charge in [0.05, 0.1) is 41.2 Å². The number of ketones is 1. The topological polar surface area (TPSA) is 99.1 Å². The number of anilines is 2. The van der Waals surface area contributed by atoms with E-state index in [0.717, 1.165) is 24.5 Å². The number of aliphatic imine (C=N–C) groups is 1. The van der Waals surface area contributed by atoms with E-state index in [1.54, 1.807) is 0 Å². The molecule has 2 aliphatic rings. The molecule has 0 saturated heterocycles. The molecule has 2 aliphatic heterocycles. The second-order valence-electron chi connectivity index (χ2n) is 7.13. The minimum Gasteiger partial charge on any atom is -0.481 e. The van der Waals surface area contributed by atoms with Crippen molar-refractivity contribution in [2.45, 2.75) is 18.4 Å². The molecule has 2 aromatic rings. The zero-order valence-corrected chi connectivity index (χ0v) is 16.3. The van der Waals surface area contributed by atoms with Gasteiger partial charge in [-0.3, -0.25) is 24.3 Å². The highest BCUT2D eigenvalue weighted by Gasteiger charge is 2.53. The molecule has 4 rings (SSSR count). The van der Waals surface area contributed by atoms with E-state index in [0.29, 0.717) is 12.1 Å². The molecule has 2 N–H and O–H groups in total. The summed E-state index contributed by atoms with van der Waals surface area (Å²) >= 11 is 0. The number of allylic oxidation sites excluding steroid dienone is 1. The van der Waals surface area contributed by atoms with E-state index in [4.69, 9.17) is 5.11 Å². The molecule has 0 aliphatic carbocycles. The van der Waals surface area contributed by atoms with Gasteiger partial charge in [0.15, 0.2) is 23.2 Å². The largest absolute Gasteiger partial charge is 0.481 e. The maximum atomic E-state index is 15.6. The number of aliphatic carboxylic acids is 1. The molecule has 2 aromatic carbocycles. The number of rotatable bonds is 6. The van der Waals surface area contributed by atoms with Crippen molar-refractivity contribution in [2.75, 3.05) is 10.2 Å². The van der Waals surface area contributed by atoms with E-state index < -0.39 is 58.8 Å². The van der Waals surface area contributed by atoms with Crippen LogP contribution in [0.2, 0.25) is 0 Å². The van der Waals surface area contributed by atoms with Gasteiger partial charge in [-0.1, -0.05) is 6.07 Å². The van der Waals surface area contributed by atoms with Crippen LogP contribution in [-0.2, 0) is 26.9 Å². The summed E-state index contributed by atoms with van der Waals surface area (Å²) in [4.78, 5) is 38.9. The minimum absolute atomic E-state index is 0.0205. The van der Waals surface area contributed by atoms with Crippen molar-refractivity contribution in [1.29, 1.82) is 0 Å². The molecule has 12 heteroatoms. The van der Waals surface area contributed by atoms with Crippen LogP contribution < -0.4 is 10.2 Å². The number of amides is 1. The second kappa shape index (κ2) is 7.80. The number of benzene rings is 2. The van der Waals surface area contributed by atoms with Gasteiger partial charge in [-0.2, -0.15) is 8.78 Å². The summed E-state index contributed by atoms with van der Waals surface area (Å²) in [5.41, 5.74) is -2.63. The van der Waals surface area contributed by atoms with Crippen molar-refractivity contribution in [1.82, 2.24) is 0 Å². The Morgan fingerprint density at radius 2 is 1.91 bits per heavy atom. The number of carboxylic acid groups (broad SMARTS) is 1. The fraction of sp³-hybridized carbons (Fsp3) is 0.143. The molecule has 0 radical (unpaired) electrons. The van der Waals surface area contributed by atoms with Gasteiger partial charge in [-0.15, -0.1) is 0 Å². The van der Waals surface area contributed by atoms with Crippen molar-refractivity contribution in [3.8, 4) is 0 Å². The number of carboxylic acids is 1. The van der Waals surface area contributed by atoms with Crippen LogP contribution in [0.5, 0.6) is 0 Å². The number of hydrogen-bond donors (Lipinski definition) is 2. The van der Waals surface area contributed by atoms with Gasteiger partial charge < -0.3 is 10.4 Å². The quantitative estimate of drug-likeness (QED) is 0.295. The number of carbonyl (C=O) groups is 3. The Morgan fingerprint density at radius 3 is 2.58 bits per heavy atom. The third kappa shape index (κ3) is 3.34. The summed E-state index contributed by atoms with van der Waals surface area (Å²) in [6.45, 7) is 0. The SMILES string of the molecule is O=CNc1c(CC(=O)O)ccc2c1C1C(=O)C=NC=C1N2C(F)(F)c1ccc(F)c(F)c1F. The van der Waals surface area contributed by atoms with E-state index in [1.165, 1.54) is 0 Å². The molecule has 0 aromatic heterocycles. The minimum atomic E-state index is -4.34. The van der Waals surface area contributed by atoms with Gasteiger partial charge in [0, 0.05) is 11.8 Å². The number of Topliss-reactive ketones (excluding diaryl/α,β-unsaturated/α-hetero) is 1. The van der Waals surface area contributed by atoms with Crippen molar-refractivity contribution in [3.63, 3.8) is 0 Å². The Kier molecular flexibility index (Phi) is 5.23. The van der Waals surface area contributed by atoms with E-state index >= 15 is 8.78 Å². The first-order valence-corrected chi connectivity index (χ1v) is 9.26. The Morgan fingerprint density at radius 1 is 1.18 bits per heavy atom. The highest BCUT2D eigenvalue weighted by atomic mass is 19.3. The molecule has 7 nitrogen and oxygen atoms in total. The Bertz CT molecular complexity index is 1280. The molecule has 0 spiro atoms. The van der Waals surface area contributed by atoms with Gasteiger partial charge in [0.2, 0.25) is 6.41 Å². The molecule has 1 atom stereocenters. The average molecular weight is 465 g/mol. The monoisotopic (exact) mass is 465 g/mol. The molecule has 0 bridgehead atoms. The number of hydrogen-bond acceptors (Lipinski definition) is 5. The zero-order valence-electron chi connectivity index (χ0n) is 16.3. The lowest BCUT2D eigenvalue weighted by Gasteiger charge is -2.32. The third-order valence-corrected chi connectivity index (χ3v) is 5.27. The third-order valence-electron chi connectivity index (χ3n) is 5.27. The first kappa shape index (κ1) is 22.1. The van der Waals surface area contributed by atoms with Crippen LogP contribution in [0.25, 0.3) is 0 Å². The first-order chi connectivity index (χ1) is 15.6. The van der Waals surface area contributed by atoms with E-state index in [1.807, 2.05) is 0 Å². The van der Waals surface area contributed by atoms with Gasteiger partial charge in [-0.25, -0.2) is 13.2 Å². The number of halogens is 5. The second-order valence-corrected chi connectivity index (χ2v) is 7.13. The molecule has 0 saturated carbocycles. The summed E-state index contributed by atoms with van der Waals surface area (Å²) in [6, 6.07) is -1.41. The van der Waals surface area contributed by atoms with Gasteiger partial charge in [-0.05, 0) is 23.8 Å². The number of alkyl halides is 2. The molecule has 1 unspecified atom stereocenters. The van der Waals surface area contributed by atoms with Crippen molar-refractivity contribution >= 4 is 35.8 Å². The lowest BCUT2D eigenvalue weighted by atomic mass is 9.90. The lowest BCUT2D eigenvalue weighted by molar-refractivity contribution is -0.136. The summed E-state index contributed by atoms with van der Waals surface area (Å²) in [5, 5.41) is 11.4. The number of carbonyl (C=O) groups excluding carboxylic acids is 2. The smallest absolute Gasteiger partial charge is 0.359 e. The predicted octanol–water partition coefficient (Wildman–Crippen LogP) is 3.45. The molecule has 170 valence electrons. The van der Waals surface area contributed by atoms with Crippen LogP contribution in [0.1, 0.15) is 22.6 Å². The molecule has 0 fully saturated rings. The number of nitrogens with one attached hydrogen (secondary N) is 1. The van der Waals surface area contributed by atoms with Crippen molar-refractivity contribution in [3.05, 3.63) is 70.3 Å². The highest BCUT2D eigenvalue weighted by molar-refractivity contribution is 6.33. The van der Waals surface area contributed by atoms with Crippen LogP contribution in [0, 0.1) is 17.5 Å². The number of fused-ring (bicyclic) bond motifs is 3. The fourth-order valence-electron chi connectivity index (χ4n) is 3.97. The molecular formula is C21H12F5N3O4. The van der Waals surface area contributed by atoms with Crippen LogP contribution in [-0.4, -0.2) is 29.5 Å². The van der Waals surface area contributed by atoms with Gasteiger partial charge >= 0.3 is 12.0 Å². The number of nitrogens with zero attached hydrogens (tertiary/aromatic N) is 2. The molecule has 1 amide bonds. The highest BCUT2D eigenvalue weighted by Crippen LogP contribution is 2.55. The molecule has 2 heterocycles. The average Bonchev–Trinajstić information content (AvgIpc) is 3.10. The fourth-order valence-corrected chi connectivity index (χ4v) is 3.97. The van der Waals surface area contributed by atoms with Crippen LogP contribution in [0.3, 0.4) is 0 Å².